The van der Waals surface area contributed by atoms with Crippen molar-refractivity contribution in [1.29, 1.82) is 0 Å². The molecule has 1 aliphatic rings. The minimum absolute atomic E-state index is 0.182. The van der Waals surface area contributed by atoms with E-state index in [1.54, 1.807) is 0 Å². The van der Waals surface area contributed by atoms with Crippen molar-refractivity contribution in [2.24, 2.45) is 0 Å². The van der Waals surface area contributed by atoms with E-state index in [2.05, 4.69) is 15.5 Å². The second kappa shape index (κ2) is 6.12. The van der Waals surface area contributed by atoms with E-state index in [1.807, 2.05) is 13.8 Å². The van der Waals surface area contributed by atoms with Crippen molar-refractivity contribution in [3.8, 4) is 0 Å². The molecule has 1 unspecified atom stereocenters. The molecule has 0 amide bonds. The molecule has 96 valence electrons. The lowest BCUT2D eigenvalue weighted by molar-refractivity contribution is 0.0485. The van der Waals surface area contributed by atoms with Gasteiger partial charge in [0, 0.05) is 0 Å². The Morgan fingerprint density at radius 3 is 3.12 bits per heavy atom. The average Bonchev–Trinajstić information content (AvgIpc) is 2.60. The van der Waals surface area contributed by atoms with Gasteiger partial charge in [-0.1, -0.05) is 18.0 Å². The van der Waals surface area contributed by atoms with Crippen LogP contribution in [-0.4, -0.2) is 22.8 Å². The van der Waals surface area contributed by atoms with Crippen LogP contribution in [0.5, 0.6) is 0 Å². The molecule has 1 saturated heterocycles. The van der Waals surface area contributed by atoms with Gasteiger partial charge < -0.3 is 14.6 Å². The first-order valence-electron chi connectivity index (χ1n) is 6.43. The molecular weight excluding hydrogens is 218 g/mol. The van der Waals surface area contributed by atoms with E-state index in [1.165, 1.54) is 19.3 Å². The molecule has 0 aromatic carbocycles. The fourth-order valence-electron chi connectivity index (χ4n) is 1.96. The molecule has 0 radical (unpaired) electrons. The van der Waals surface area contributed by atoms with E-state index in [9.17, 15) is 0 Å². The summed E-state index contributed by atoms with van der Waals surface area (Å²) in [7, 11) is 0. The van der Waals surface area contributed by atoms with E-state index in [4.69, 9.17) is 9.26 Å². The largest absolute Gasteiger partial charge is 0.369 e. The Kier molecular flexibility index (Phi) is 4.50. The monoisotopic (exact) mass is 239 g/mol. The van der Waals surface area contributed by atoms with Gasteiger partial charge in [-0.25, -0.2) is 0 Å². The lowest BCUT2D eigenvalue weighted by atomic mass is 10.1. The summed E-state index contributed by atoms with van der Waals surface area (Å²) in [4.78, 5) is 4.38. The first-order valence-corrected chi connectivity index (χ1v) is 6.43. The highest BCUT2D eigenvalue weighted by Crippen LogP contribution is 2.20. The van der Waals surface area contributed by atoms with Gasteiger partial charge in [0.15, 0.2) is 5.82 Å². The normalized spacial score (nSPS) is 21.7. The summed E-state index contributed by atoms with van der Waals surface area (Å²) in [5, 5.41) is 7.48. The van der Waals surface area contributed by atoms with Crippen molar-refractivity contribution in [3.63, 3.8) is 0 Å². The SMILES string of the molecule is CC(C)OCc1nc(C2CCCCCN2)no1. The van der Waals surface area contributed by atoms with Gasteiger partial charge in [-0.3, -0.25) is 0 Å². The molecule has 5 nitrogen and oxygen atoms in total. The van der Waals surface area contributed by atoms with Crippen molar-refractivity contribution in [2.75, 3.05) is 6.54 Å². The molecule has 1 aromatic rings. The molecule has 5 heteroatoms. The van der Waals surface area contributed by atoms with Crippen LogP contribution in [-0.2, 0) is 11.3 Å². The number of aromatic nitrogens is 2. The highest BCUT2D eigenvalue weighted by atomic mass is 16.5. The lowest BCUT2D eigenvalue weighted by Crippen LogP contribution is -2.21. The number of hydrogen-bond acceptors (Lipinski definition) is 5. The Morgan fingerprint density at radius 2 is 2.29 bits per heavy atom. The second-order valence-electron chi connectivity index (χ2n) is 4.76. The summed E-state index contributed by atoms with van der Waals surface area (Å²) in [6.45, 7) is 5.42. The van der Waals surface area contributed by atoms with Crippen LogP contribution < -0.4 is 5.32 Å². The van der Waals surface area contributed by atoms with Crippen molar-refractivity contribution in [1.82, 2.24) is 15.5 Å². The van der Waals surface area contributed by atoms with Gasteiger partial charge in [0.2, 0.25) is 0 Å². The summed E-state index contributed by atoms with van der Waals surface area (Å²) < 4.78 is 10.6. The molecule has 1 N–H and O–H groups in total. The molecular formula is C12H21N3O2. The number of ether oxygens (including phenoxy) is 1. The quantitative estimate of drug-likeness (QED) is 0.872. The summed E-state index contributed by atoms with van der Waals surface area (Å²) in [6, 6.07) is 0.244. The smallest absolute Gasteiger partial charge is 0.252 e. The highest BCUT2D eigenvalue weighted by Gasteiger charge is 2.19. The van der Waals surface area contributed by atoms with E-state index in [0.717, 1.165) is 18.8 Å². The van der Waals surface area contributed by atoms with Crippen LogP contribution in [0.4, 0.5) is 0 Å². The van der Waals surface area contributed by atoms with Gasteiger partial charge in [-0.15, -0.1) is 0 Å². The number of nitrogens with one attached hydrogen (secondary N) is 1. The molecule has 0 bridgehead atoms. The van der Waals surface area contributed by atoms with E-state index < -0.39 is 0 Å². The Bertz CT molecular complexity index is 330. The van der Waals surface area contributed by atoms with Gasteiger partial charge in [0.1, 0.15) is 6.61 Å². The minimum Gasteiger partial charge on any atom is -0.369 e. The second-order valence-corrected chi connectivity index (χ2v) is 4.76. The average molecular weight is 239 g/mol. The molecule has 1 aliphatic heterocycles. The summed E-state index contributed by atoms with van der Waals surface area (Å²) in [5.41, 5.74) is 0. The molecule has 17 heavy (non-hydrogen) atoms. The third-order valence-corrected chi connectivity index (χ3v) is 2.90. The molecule has 0 saturated carbocycles. The number of hydrogen-bond donors (Lipinski definition) is 1. The molecule has 2 heterocycles. The topological polar surface area (TPSA) is 60.2 Å². The number of nitrogens with zero attached hydrogens (tertiary/aromatic N) is 2. The highest BCUT2D eigenvalue weighted by molar-refractivity contribution is 4.94. The lowest BCUT2D eigenvalue weighted by Gasteiger charge is -2.10. The standard InChI is InChI=1S/C12H21N3O2/c1-9(2)16-8-11-14-12(15-17-11)10-6-4-3-5-7-13-10/h9-10,13H,3-8H2,1-2H3. The van der Waals surface area contributed by atoms with Crippen LogP contribution in [0.1, 0.15) is 57.3 Å². The van der Waals surface area contributed by atoms with E-state index in [-0.39, 0.29) is 12.1 Å². The third kappa shape index (κ3) is 3.78. The molecule has 1 atom stereocenters. The van der Waals surface area contributed by atoms with Crippen molar-refractivity contribution >= 4 is 0 Å². The van der Waals surface area contributed by atoms with Gasteiger partial charge in [-0.2, -0.15) is 4.98 Å². The number of rotatable bonds is 4. The Labute approximate surface area is 102 Å². The van der Waals surface area contributed by atoms with Crippen LogP contribution in [0, 0.1) is 0 Å². The van der Waals surface area contributed by atoms with Crippen LogP contribution in [0.15, 0.2) is 4.52 Å². The van der Waals surface area contributed by atoms with Crippen LogP contribution in [0.3, 0.4) is 0 Å². The summed E-state index contributed by atoms with van der Waals surface area (Å²) in [5.74, 6) is 1.34. The van der Waals surface area contributed by atoms with Gasteiger partial charge >= 0.3 is 0 Å². The summed E-state index contributed by atoms with van der Waals surface area (Å²) in [6.07, 6.45) is 5.01. The van der Waals surface area contributed by atoms with Crippen LogP contribution >= 0.6 is 0 Å². The van der Waals surface area contributed by atoms with Gasteiger partial charge in [0.05, 0.1) is 12.1 Å². The van der Waals surface area contributed by atoms with Crippen LogP contribution in [0.2, 0.25) is 0 Å². The molecule has 0 aliphatic carbocycles. The maximum atomic E-state index is 5.44. The van der Waals surface area contributed by atoms with E-state index in [0.29, 0.717) is 12.5 Å². The Balaban J connectivity index is 1.92. The Hall–Kier alpha value is -0.940. The van der Waals surface area contributed by atoms with E-state index >= 15 is 0 Å². The van der Waals surface area contributed by atoms with Crippen LogP contribution in [0.25, 0.3) is 0 Å². The van der Waals surface area contributed by atoms with Crippen molar-refractivity contribution < 1.29 is 9.26 Å². The zero-order chi connectivity index (χ0) is 12.1. The third-order valence-electron chi connectivity index (χ3n) is 2.90. The fraction of sp³-hybridized carbons (Fsp3) is 0.833. The maximum Gasteiger partial charge on any atom is 0.252 e. The minimum atomic E-state index is 0.182. The zero-order valence-electron chi connectivity index (χ0n) is 10.6. The predicted octanol–water partition coefficient (Wildman–Crippen LogP) is 2.20. The molecule has 0 spiro atoms. The van der Waals surface area contributed by atoms with Crippen molar-refractivity contribution in [2.45, 2.75) is 58.3 Å². The molecule has 1 aromatic heterocycles. The first-order chi connectivity index (χ1) is 8.25. The predicted molar refractivity (Wildman–Crippen MR) is 63.4 cm³/mol. The van der Waals surface area contributed by atoms with Gasteiger partial charge in [-0.05, 0) is 33.2 Å². The van der Waals surface area contributed by atoms with Crippen molar-refractivity contribution in [3.05, 3.63) is 11.7 Å². The molecule has 2 rings (SSSR count). The van der Waals surface area contributed by atoms with Gasteiger partial charge in [0.25, 0.3) is 5.89 Å². The molecule has 1 fully saturated rings. The fourth-order valence-corrected chi connectivity index (χ4v) is 1.96. The maximum absolute atomic E-state index is 5.44. The zero-order valence-corrected chi connectivity index (χ0v) is 10.6. The first kappa shape index (κ1) is 12.5. The summed E-state index contributed by atoms with van der Waals surface area (Å²) >= 11 is 0. The Morgan fingerprint density at radius 1 is 1.41 bits per heavy atom.